The smallest absolute Gasteiger partial charge is 0.254 e. The molecule has 1 aliphatic heterocycles. The van der Waals surface area contributed by atoms with E-state index in [1.807, 2.05) is 19.9 Å². The predicted molar refractivity (Wildman–Crippen MR) is 92.5 cm³/mol. The van der Waals surface area contributed by atoms with Crippen molar-refractivity contribution in [3.63, 3.8) is 0 Å². The number of fused-ring (bicyclic) bond motifs is 1. The van der Waals surface area contributed by atoms with E-state index in [9.17, 15) is 9.59 Å². The van der Waals surface area contributed by atoms with Gasteiger partial charge in [0.05, 0.1) is 18.4 Å². The van der Waals surface area contributed by atoms with E-state index in [1.165, 1.54) is 7.11 Å². The van der Waals surface area contributed by atoms with Gasteiger partial charge < -0.3 is 20.8 Å². The lowest BCUT2D eigenvalue weighted by atomic mass is 9.86. The van der Waals surface area contributed by atoms with Gasteiger partial charge in [-0.1, -0.05) is 12.1 Å². The van der Waals surface area contributed by atoms with Crippen LogP contribution < -0.4 is 21.3 Å². The van der Waals surface area contributed by atoms with Crippen LogP contribution in [-0.4, -0.2) is 18.0 Å². The van der Waals surface area contributed by atoms with Crippen LogP contribution >= 0.6 is 0 Å². The number of carbonyl (C=O) groups is 1. The summed E-state index contributed by atoms with van der Waals surface area (Å²) >= 11 is 0. The SMILES string of the molecule is COc1cc(C(N)=O)ccc1C1C=C(C)Nc2c(C)c[nH]c(=O)c21. The van der Waals surface area contributed by atoms with Crippen molar-refractivity contribution in [3.8, 4) is 5.75 Å². The number of aromatic amines is 1. The highest BCUT2D eigenvalue weighted by Gasteiger charge is 2.27. The van der Waals surface area contributed by atoms with Crippen molar-refractivity contribution >= 4 is 11.6 Å². The fraction of sp³-hybridized carbons (Fsp3) is 0.222. The first-order valence-corrected chi connectivity index (χ1v) is 7.57. The number of aromatic nitrogens is 1. The molecular weight excluding hydrogens is 306 g/mol. The molecule has 0 saturated carbocycles. The van der Waals surface area contributed by atoms with E-state index in [4.69, 9.17) is 10.5 Å². The summed E-state index contributed by atoms with van der Waals surface area (Å²) in [4.78, 5) is 26.6. The number of amides is 1. The Hall–Kier alpha value is -3.02. The van der Waals surface area contributed by atoms with Gasteiger partial charge in [-0.05, 0) is 31.5 Å². The fourth-order valence-corrected chi connectivity index (χ4v) is 3.05. The number of ether oxygens (including phenoxy) is 1. The van der Waals surface area contributed by atoms with Gasteiger partial charge in [-0.15, -0.1) is 0 Å². The molecule has 0 radical (unpaired) electrons. The zero-order valence-electron chi connectivity index (χ0n) is 13.8. The highest BCUT2D eigenvalue weighted by atomic mass is 16.5. The molecule has 0 fully saturated rings. The van der Waals surface area contributed by atoms with E-state index in [1.54, 1.807) is 24.4 Å². The second-order valence-corrected chi connectivity index (χ2v) is 5.86. The van der Waals surface area contributed by atoms with Gasteiger partial charge in [0.25, 0.3) is 5.56 Å². The molecular formula is C18H19N3O3. The van der Waals surface area contributed by atoms with Crippen molar-refractivity contribution in [1.82, 2.24) is 4.98 Å². The normalized spacial score (nSPS) is 16.0. The second kappa shape index (κ2) is 5.88. The fourth-order valence-electron chi connectivity index (χ4n) is 3.05. The Kier molecular flexibility index (Phi) is 3.89. The monoisotopic (exact) mass is 325 g/mol. The highest BCUT2D eigenvalue weighted by Crippen LogP contribution is 2.39. The van der Waals surface area contributed by atoms with Gasteiger partial charge in [-0.25, -0.2) is 0 Å². The molecule has 1 amide bonds. The average Bonchev–Trinajstić information content (AvgIpc) is 2.56. The summed E-state index contributed by atoms with van der Waals surface area (Å²) in [5.74, 6) is -0.276. The van der Waals surface area contributed by atoms with Gasteiger partial charge in [-0.2, -0.15) is 0 Å². The summed E-state index contributed by atoms with van der Waals surface area (Å²) in [6.45, 7) is 3.88. The Balaban J connectivity index is 2.24. The molecule has 2 heterocycles. The molecule has 1 aliphatic rings. The van der Waals surface area contributed by atoms with Gasteiger partial charge in [0.1, 0.15) is 5.75 Å². The lowest BCUT2D eigenvalue weighted by Gasteiger charge is -2.26. The van der Waals surface area contributed by atoms with Gasteiger partial charge in [0.15, 0.2) is 0 Å². The average molecular weight is 325 g/mol. The Labute approximate surface area is 139 Å². The molecule has 0 bridgehead atoms. The second-order valence-electron chi connectivity index (χ2n) is 5.86. The lowest BCUT2D eigenvalue weighted by molar-refractivity contribution is 0.1000. The van der Waals surface area contributed by atoms with E-state index >= 15 is 0 Å². The lowest BCUT2D eigenvalue weighted by Crippen LogP contribution is -2.24. The van der Waals surface area contributed by atoms with E-state index in [2.05, 4.69) is 10.3 Å². The molecule has 6 heteroatoms. The molecule has 0 aliphatic carbocycles. The van der Waals surface area contributed by atoms with Crippen LogP contribution in [0.1, 0.15) is 39.9 Å². The zero-order valence-corrected chi connectivity index (χ0v) is 13.8. The number of nitrogens with two attached hydrogens (primary N) is 1. The molecule has 1 unspecified atom stereocenters. The van der Waals surface area contributed by atoms with E-state index in [0.717, 1.165) is 22.5 Å². The van der Waals surface area contributed by atoms with Crippen LogP contribution in [-0.2, 0) is 0 Å². The summed E-state index contributed by atoms with van der Waals surface area (Å²) in [6.07, 6.45) is 3.66. The maximum absolute atomic E-state index is 12.4. The summed E-state index contributed by atoms with van der Waals surface area (Å²) in [5.41, 5.74) is 9.69. The number of carbonyl (C=O) groups excluding carboxylic acids is 1. The number of anilines is 1. The number of hydrogen-bond acceptors (Lipinski definition) is 4. The number of hydrogen-bond donors (Lipinski definition) is 3. The Morgan fingerprint density at radius 3 is 2.71 bits per heavy atom. The van der Waals surface area contributed by atoms with Crippen LogP contribution in [0.5, 0.6) is 5.75 Å². The van der Waals surface area contributed by atoms with Crippen LogP contribution in [0.4, 0.5) is 5.69 Å². The Morgan fingerprint density at radius 2 is 2.04 bits per heavy atom. The Morgan fingerprint density at radius 1 is 1.29 bits per heavy atom. The summed E-state index contributed by atoms with van der Waals surface area (Å²) in [6, 6.07) is 5.03. The summed E-state index contributed by atoms with van der Waals surface area (Å²) in [5, 5.41) is 3.26. The molecule has 124 valence electrons. The zero-order chi connectivity index (χ0) is 17.4. The maximum Gasteiger partial charge on any atom is 0.254 e. The molecule has 1 aromatic carbocycles. The first kappa shape index (κ1) is 15.9. The van der Waals surface area contributed by atoms with Crippen molar-refractivity contribution in [3.05, 3.63) is 68.8 Å². The van der Waals surface area contributed by atoms with Crippen LogP contribution in [0, 0.1) is 6.92 Å². The number of benzene rings is 1. The summed E-state index contributed by atoms with van der Waals surface area (Å²) in [7, 11) is 1.53. The Bertz CT molecular complexity index is 912. The number of rotatable bonds is 3. The number of methoxy groups -OCH3 is 1. The number of nitrogens with one attached hydrogen (secondary N) is 2. The van der Waals surface area contributed by atoms with Crippen LogP contribution in [0.3, 0.4) is 0 Å². The number of aryl methyl sites for hydroxylation is 1. The predicted octanol–water partition coefficient (Wildman–Crippen LogP) is 2.25. The van der Waals surface area contributed by atoms with E-state index < -0.39 is 5.91 Å². The molecule has 0 spiro atoms. The largest absolute Gasteiger partial charge is 0.496 e. The number of H-pyrrole nitrogens is 1. The number of primary amides is 1. The van der Waals surface area contributed by atoms with Crippen molar-refractivity contribution in [2.45, 2.75) is 19.8 Å². The third kappa shape index (κ3) is 2.56. The molecule has 4 N–H and O–H groups in total. The first-order chi connectivity index (χ1) is 11.4. The molecule has 0 saturated heterocycles. The minimum atomic E-state index is -0.522. The molecule has 3 rings (SSSR count). The topological polar surface area (TPSA) is 97.2 Å². The standard InChI is InChI=1S/C18H19N3O3/c1-9-8-20-18(23)15-13(6-10(2)21-16(9)15)12-5-4-11(17(19)22)7-14(12)24-3/h4-8,13,21H,1-3H3,(H2,19,22)(H,20,23). The van der Waals surface area contributed by atoms with Crippen LogP contribution in [0.2, 0.25) is 0 Å². The summed E-state index contributed by atoms with van der Waals surface area (Å²) < 4.78 is 5.44. The van der Waals surface area contributed by atoms with Gasteiger partial charge in [0, 0.05) is 28.9 Å². The highest BCUT2D eigenvalue weighted by molar-refractivity contribution is 5.93. The van der Waals surface area contributed by atoms with Crippen molar-refractivity contribution in [2.24, 2.45) is 5.73 Å². The van der Waals surface area contributed by atoms with Gasteiger partial charge >= 0.3 is 0 Å². The minimum Gasteiger partial charge on any atom is -0.496 e. The van der Waals surface area contributed by atoms with Crippen molar-refractivity contribution in [1.29, 1.82) is 0 Å². The third-order valence-corrected chi connectivity index (χ3v) is 4.23. The molecule has 1 atom stereocenters. The maximum atomic E-state index is 12.4. The third-order valence-electron chi connectivity index (χ3n) is 4.23. The van der Waals surface area contributed by atoms with Crippen molar-refractivity contribution in [2.75, 3.05) is 12.4 Å². The van der Waals surface area contributed by atoms with E-state index in [-0.39, 0.29) is 11.5 Å². The van der Waals surface area contributed by atoms with Crippen LogP contribution in [0.25, 0.3) is 0 Å². The van der Waals surface area contributed by atoms with Gasteiger partial charge in [-0.3, -0.25) is 9.59 Å². The molecule has 1 aromatic heterocycles. The quantitative estimate of drug-likeness (QED) is 0.806. The molecule has 2 aromatic rings. The van der Waals surface area contributed by atoms with E-state index in [0.29, 0.717) is 16.9 Å². The first-order valence-electron chi connectivity index (χ1n) is 7.57. The molecule has 6 nitrogen and oxygen atoms in total. The van der Waals surface area contributed by atoms with Gasteiger partial charge in [0.2, 0.25) is 5.91 Å². The minimum absolute atomic E-state index is 0.155. The van der Waals surface area contributed by atoms with Crippen molar-refractivity contribution < 1.29 is 9.53 Å². The molecule has 24 heavy (non-hydrogen) atoms. The number of pyridine rings is 1. The van der Waals surface area contributed by atoms with Crippen LogP contribution in [0.15, 0.2) is 41.0 Å². The number of allylic oxidation sites excluding steroid dienone is 2.